The Balaban J connectivity index is 1.42. The summed E-state index contributed by atoms with van der Waals surface area (Å²) < 4.78 is 41.3. The zero-order valence-corrected chi connectivity index (χ0v) is 20.6. The molecule has 0 radical (unpaired) electrons. The first kappa shape index (κ1) is 23.4. The normalized spacial score (nSPS) is 16.8. The maximum atomic E-state index is 13.3. The fourth-order valence-electron chi connectivity index (χ4n) is 4.78. The second kappa shape index (κ2) is 9.36. The van der Waals surface area contributed by atoms with Gasteiger partial charge in [0.15, 0.2) is 0 Å². The van der Waals surface area contributed by atoms with Gasteiger partial charge in [0.2, 0.25) is 10.0 Å². The second-order valence-corrected chi connectivity index (χ2v) is 11.0. The summed E-state index contributed by atoms with van der Waals surface area (Å²) in [6.07, 6.45) is 5.24. The summed E-state index contributed by atoms with van der Waals surface area (Å²) in [5, 5.41) is 1.03. The predicted molar refractivity (Wildman–Crippen MR) is 134 cm³/mol. The summed E-state index contributed by atoms with van der Waals surface area (Å²) in [5.41, 5.74) is 2.93. The average molecular weight is 493 g/mol. The molecule has 0 unspecified atom stereocenters. The van der Waals surface area contributed by atoms with Gasteiger partial charge in [-0.1, -0.05) is 12.1 Å². The summed E-state index contributed by atoms with van der Waals surface area (Å²) in [5.74, 6) is 1.45. The van der Waals surface area contributed by atoms with Crippen molar-refractivity contribution < 1.29 is 22.4 Å². The molecule has 0 aliphatic carbocycles. The molecule has 0 spiro atoms. The van der Waals surface area contributed by atoms with Crippen LogP contribution in [0.3, 0.4) is 0 Å². The molecular weight excluding hydrogens is 464 g/mol. The van der Waals surface area contributed by atoms with Crippen LogP contribution in [-0.2, 0) is 21.4 Å². The number of aromatic nitrogens is 1. The molecule has 0 bridgehead atoms. The molecule has 8 heteroatoms. The number of ether oxygens (including phenoxy) is 1. The average Bonchev–Trinajstić information content (AvgIpc) is 3.59. The molecule has 0 N–H and O–H groups in total. The highest BCUT2D eigenvalue weighted by molar-refractivity contribution is 7.89. The van der Waals surface area contributed by atoms with Gasteiger partial charge in [0.25, 0.3) is 0 Å². The largest absolute Gasteiger partial charge is 0.491 e. The Morgan fingerprint density at radius 1 is 1.14 bits per heavy atom. The van der Waals surface area contributed by atoms with Gasteiger partial charge in [-0.15, -0.1) is 0 Å². The number of hydrogen-bond donors (Lipinski definition) is 0. The number of fused-ring (bicyclic) bond motifs is 1. The number of aldehydes is 1. The molecule has 2 aromatic heterocycles. The molecule has 0 amide bonds. The molecule has 1 aliphatic heterocycles. The van der Waals surface area contributed by atoms with E-state index in [0.717, 1.165) is 34.1 Å². The quantitative estimate of drug-likeness (QED) is 0.321. The molecule has 1 aliphatic rings. The van der Waals surface area contributed by atoms with Gasteiger partial charge in [0, 0.05) is 41.7 Å². The lowest BCUT2D eigenvalue weighted by atomic mass is 9.97. The van der Waals surface area contributed by atoms with Crippen molar-refractivity contribution in [3.05, 3.63) is 72.6 Å². The molecule has 182 valence electrons. The summed E-state index contributed by atoms with van der Waals surface area (Å²) in [7, 11) is -3.62. The lowest BCUT2D eigenvalue weighted by Crippen LogP contribution is -2.28. The Hall–Kier alpha value is -3.36. The van der Waals surface area contributed by atoms with Gasteiger partial charge >= 0.3 is 0 Å². The fraction of sp³-hybridized carbons (Fsp3) is 0.296. The van der Waals surface area contributed by atoms with E-state index in [-0.39, 0.29) is 23.5 Å². The van der Waals surface area contributed by atoms with Crippen molar-refractivity contribution in [2.45, 2.75) is 43.7 Å². The Bertz CT molecular complexity index is 1440. The molecule has 1 atom stereocenters. The first-order chi connectivity index (χ1) is 16.9. The van der Waals surface area contributed by atoms with Crippen LogP contribution in [0.2, 0.25) is 0 Å². The molecule has 4 aromatic rings. The minimum atomic E-state index is -3.62. The van der Waals surface area contributed by atoms with Crippen LogP contribution in [0.25, 0.3) is 22.2 Å². The third-order valence-electron chi connectivity index (χ3n) is 6.41. The topological polar surface area (TPSA) is 81.8 Å². The van der Waals surface area contributed by atoms with E-state index in [9.17, 15) is 13.2 Å². The van der Waals surface area contributed by atoms with E-state index in [1.807, 2.05) is 54.9 Å². The number of nitrogens with zero attached hydrogens (tertiary/aromatic N) is 2. The Kier molecular flexibility index (Phi) is 6.25. The Morgan fingerprint density at radius 3 is 2.63 bits per heavy atom. The number of carbonyl (C=O) groups is 1. The van der Waals surface area contributed by atoms with Gasteiger partial charge in [-0.2, -0.15) is 4.31 Å². The number of rotatable bonds is 8. The minimum absolute atomic E-state index is 0.0216. The summed E-state index contributed by atoms with van der Waals surface area (Å²) in [6, 6.07) is 16.4. The van der Waals surface area contributed by atoms with Gasteiger partial charge in [-0.05, 0) is 68.3 Å². The fourth-order valence-corrected chi connectivity index (χ4v) is 6.29. The summed E-state index contributed by atoms with van der Waals surface area (Å²) in [6.45, 7) is 4.93. The smallest absolute Gasteiger partial charge is 0.243 e. The van der Waals surface area contributed by atoms with Crippen LogP contribution in [0.4, 0.5) is 0 Å². The molecule has 1 saturated heterocycles. The summed E-state index contributed by atoms with van der Waals surface area (Å²) >= 11 is 0. The van der Waals surface area contributed by atoms with E-state index < -0.39 is 10.0 Å². The lowest BCUT2D eigenvalue weighted by Gasteiger charge is -2.17. The first-order valence-corrected chi connectivity index (χ1v) is 13.2. The zero-order chi connectivity index (χ0) is 24.6. The SMILES string of the molecule is CC(C)Oc1ccc(S(=O)(=O)N2CC[C@@H](c3cn(CC=O)c4cc(-c5ccco5)ccc34)C2)cc1. The third kappa shape index (κ3) is 4.51. The van der Waals surface area contributed by atoms with Crippen molar-refractivity contribution in [2.24, 2.45) is 0 Å². The maximum Gasteiger partial charge on any atom is 0.243 e. The van der Waals surface area contributed by atoms with Crippen LogP contribution < -0.4 is 4.74 Å². The van der Waals surface area contributed by atoms with Crippen molar-refractivity contribution in [1.82, 2.24) is 8.87 Å². The van der Waals surface area contributed by atoms with Crippen LogP contribution >= 0.6 is 0 Å². The van der Waals surface area contributed by atoms with E-state index in [1.54, 1.807) is 34.8 Å². The molecule has 5 rings (SSSR count). The van der Waals surface area contributed by atoms with Crippen LogP contribution in [0.1, 0.15) is 31.7 Å². The minimum Gasteiger partial charge on any atom is -0.491 e. The van der Waals surface area contributed by atoms with E-state index >= 15 is 0 Å². The van der Waals surface area contributed by atoms with Gasteiger partial charge in [-0.25, -0.2) is 8.42 Å². The van der Waals surface area contributed by atoms with E-state index in [4.69, 9.17) is 9.15 Å². The Morgan fingerprint density at radius 2 is 1.94 bits per heavy atom. The van der Waals surface area contributed by atoms with Crippen LogP contribution in [0, 0.1) is 0 Å². The molecule has 35 heavy (non-hydrogen) atoms. The molecule has 7 nitrogen and oxygen atoms in total. The second-order valence-electron chi connectivity index (χ2n) is 9.10. The monoisotopic (exact) mass is 492 g/mol. The van der Waals surface area contributed by atoms with Crippen LogP contribution in [0.5, 0.6) is 5.75 Å². The number of furan rings is 1. The van der Waals surface area contributed by atoms with E-state index in [1.165, 1.54) is 0 Å². The lowest BCUT2D eigenvalue weighted by molar-refractivity contribution is -0.108. The van der Waals surface area contributed by atoms with E-state index in [2.05, 4.69) is 0 Å². The third-order valence-corrected chi connectivity index (χ3v) is 8.29. The van der Waals surface area contributed by atoms with Crippen molar-refractivity contribution in [1.29, 1.82) is 0 Å². The van der Waals surface area contributed by atoms with Gasteiger partial charge in [0.1, 0.15) is 17.8 Å². The maximum absolute atomic E-state index is 13.3. The molecule has 0 saturated carbocycles. The van der Waals surface area contributed by atoms with E-state index in [0.29, 0.717) is 25.3 Å². The highest BCUT2D eigenvalue weighted by atomic mass is 32.2. The number of hydrogen-bond acceptors (Lipinski definition) is 5. The molecule has 1 fully saturated rings. The van der Waals surface area contributed by atoms with Gasteiger partial charge < -0.3 is 18.5 Å². The number of benzene rings is 2. The van der Waals surface area contributed by atoms with Crippen LogP contribution in [-0.4, -0.2) is 42.8 Å². The highest BCUT2D eigenvalue weighted by Crippen LogP contribution is 2.37. The van der Waals surface area contributed by atoms with Crippen molar-refractivity contribution in [2.75, 3.05) is 13.1 Å². The van der Waals surface area contributed by atoms with Gasteiger partial charge in [0.05, 0.1) is 23.8 Å². The number of carbonyl (C=O) groups excluding carboxylic acids is 1. The molecule has 2 aromatic carbocycles. The zero-order valence-electron chi connectivity index (χ0n) is 19.8. The standard InChI is InChI=1S/C27H28N2O5S/c1-19(2)34-22-6-8-23(9-7-22)35(31,32)29-12-11-21(17-29)25-18-28(13-14-30)26-16-20(5-10-24(25)26)27-4-3-15-33-27/h3-10,14-16,18-19,21H,11-13,17H2,1-2H3/t21-/m1/s1. The first-order valence-electron chi connectivity index (χ1n) is 11.7. The molecular formula is C27H28N2O5S. The van der Waals surface area contributed by atoms with Crippen molar-refractivity contribution in [3.63, 3.8) is 0 Å². The predicted octanol–water partition coefficient (Wildman–Crippen LogP) is 5.07. The highest BCUT2D eigenvalue weighted by Gasteiger charge is 2.34. The number of sulfonamides is 1. The van der Waals surface area contributed by atoms with Gasteiger partial charge in [-0.3, -0.25) is 0 Å². The molecule has 3 heterocycles. The van der Waals surface area contributed by atoms with Crippen LogP contribution in [0.15, 0.2) is 76.4 Å². The van der Waals surface area contributed by atoms with Crippen molar-refractivity contribution >= 4 is 27.2 Å². The Labute approximate surface area is 205 Å². The summed E-state index contributed by atoms with van der Waals surface area (Å²) in [4.78, 5) is 11.6. The van der Waals surface area contributed by atoms with Crippen molar-refractivity contribution in [3.8, 4) is 17.1 Å².